The van der Waals surface area contributed by atoms with E-state index in [9.17, 15) is 5.11 Å². The molecular weight excluding hydrogens is 242 g/mol. The van der Waals surface area contributed by atoms with E-state index < -0.39 is 0 Å². The summed E-state index contributed by atoms with van der Waals surface area (Å²) in [6.07, 6.45) is 2.00. The lowest BCUT2D eigenvalue weighted by atomic mass is 10.3. The molecule has 0 spiro atoms. The maximum Gasteiger partial charge on any atom is 0.199 e. The van der Waals surface area contributed by atoms with Crippen LogP contribution in [0.25, 0.3) is 5.69 Å². The fourth-order valence-corrected chi connectivity index (χ4v) is 2.33. The highest BCUT2D eigenvalue weighted by atomic mass is 32.2. The predicted molar refractivity (Wildman–Crippen MR) is 66.5 cm³/mol. The van der Waals surface area contributed by atoms with Crippen LogP contribution < -0.4 is 0 Å². The molecule has 0 saturated heterocycles. The monoisotopic (exact) mass is 253 g/mol. The quantitative estimate of drug-likeness (QED) is 0.650. The van der Waals surface area contributed by atoms with Crippen molar-refractivity contribution in [3.05, 3.63) is 34.9 Å². The molecule has 0 fully saturated rings. The Morgan fingerprint density at radius 3 is 2.94 bits per heavy atom. The molecule has 0 bridgehead atoms. The standard InChI is InChI=1S/C10H11N3OS2/c1-16-8-5-3-2-4-7(8)13-9(6-14)11-12-10(13)15/h2-5,14H,6H2,1H3,(H,12,15). The van der Waals surface area contributed by atoms with Gasteiger partial charge in [0.15, 0.2) is 10.6 Å². The summed E-state index contributed by atoms with van der Waals surface area (Å²) in [5.41, 5.74) is 0.942. The van der Waals surface area contributed by atoms with Crippen LogP contribution in [-0.2, 0) is 6.61 Å². The predicted octanol–water partition coefficient (Wildman–Crippen LogP) is 2.14. The molecule has 1 aromatic heterocycles. The van der Waals surface area contributed by atoms with Crippen molar-refractivity contribution >= 4 is 24.0 Å². The smallest absolute Gasteiger partial charge is 0.199 e. The third-order valence-electron chi connectivity index (χ3n) is 2.21. The number of benzene rings is 1. The molecule has 0 saturated carbocycles. The van der Waals surface area contributed by atoms with Gasteiger partial charge in [-0.05, 0) is 30.6 Å². The van der Waals surface area contributed by atoms with Crippen molar-refractivity contribution in [2.75, 3.05) is 6.26 Å². The molecule has 0 unspecified atom stereocenters. The van der Waals surface area contributed by atoms with Gasteiger partial charge in [0, 0.05) is 4.90 Å². The first-order valence-electron chi connectivity index (χ1n) is 4.68. The summed E-state index contributed by atoms with van der Waals surface area (Å²) in [5.74, 6) is 0.520. The summed E-state index contributed by atoms with van der Waals surface area (Å²) in [5, 5.41) is 15.9. The maximum atomic E-state index is 9.20. The molecule has 0 atom stereocenters. The second kappa shape index (κ2) is 4.82. The van der Waals surface area contributed by atoms with Crippen molar-refractivity contribution in [1.29, 1.82) is 0 Å². The van der Waals surface area contributed by atoms with Gasteiger partial charge in [-0.1, -0.05) is 12.1 Å². The van der Waals surface area contributed by atoms with Crippen LogP contribution in [0.1, 0.15) is 5.82 Å². The van der Waals surface area contributed by atoms with Gasteiger partial charge in [0.2, 0.25) is 0 Å². The van der Waals surface area contributed by atoms with E-state index in [0.29, 0.717) is 10.6 Å². The van der Waals surface area contributed by atoms with Gasteiger partial charge in [0.1, 0.15) is 6.61 Å². The van der Waals surface area contributed by atoms with E-state index in [1.54, 1.807) is 16.3 Å². The Bertz CT molecular complexity index is 547. The zero-order valence-electron chi connectivity index (χ0n) is 8.67. The Kier molecular flexibility index (Phi) is 3.42. The minimum atomic E-state index is -0.143. The number of nitrogens with one attached hydrogen (secondary N) is 1. The summed E-state index contributed by atoms with van der Waals surface area (Å²) in [4.78, 5) is 1.09. The zero-order chi connectivity index (χ0) is 11.5. The lowest BCUT2D eigenvalue weighted by molar-refractivity contribution is 0.268. The highest BCUT2D eigenvalue weighted by Gasteiger charge is 2.10. The Balaban J connectivity index is 2.66. The van der Waals surface area contributed by atoms with Crippen LogP contribution >= 0.6 is 24.0 Å². The fraction of sp³-hybridized carbons (Fsp3) is 0.200. The lowest BCUT2D eigenvalue weighted by Gasteiger charge is -2.09. The van der Waals surface area contributed by atoms with Crippen molar-refractivity contribution in [2.45, 2.75) is 11.5 Å². The molecule has 6 heteroatoms. The summed E-state index contributed by atoms with van der Waals surface area (Å²) in [6.45, 7) is -0.143. The minimum absolute atomic E-state index is 0.143. The summed E-state index contributed by atoms with van der Waals surface area (Å²) in [7, 11) is 0. The summed E-state index contributed by atoms with van der Waals surface area (Å²) >= 11 is 6.78. The number of rotatable bonds is 3. The highest BCUT2D eigenvalue weighted by molar-refractivity contribution is 7.98. The van der Waals surface area contributed by atoms with E-state index in [2.05, 4.69) is 10.2 Å². The van der Waals surface area contributed by atoms with Gasteiger partial charge in [-0.2, -0.15) is 5.10 Å². The number of aliphatic hydroxyl groups excluding tert-OH is 1. The highest BCUT2D eigenvalue weighted by Crippen LogP contribution is 2.24. The molecule has 84 valence electrons. The molecule has 2 aromatic rings. The van der Waals surface area contributed by atoms with Crippen LogP contribution in [0, 0.1) is 4.77 Å². The first-order chi connectivity index (χ1) is 7.77. The molecule has 2 N–H and O–H groups in total. The average Bonchev–Trinajstić information content (AvgIpc) is 2.70. The molecule has 1 aromatic carbocycles. The molecule has 0 aliphatic rings. The van der Waals surface area contributed by atoms with E-state index in [-0.39, 0.29) is 6.61 Å². The van der Waals surface area contributed by atoms with Crippen LogP contribution in [0.3, 0.4) is 0 Å². The van der Waals surface area contributed by atoms with E-state index in [1.807, 2.05) is 30.5 Å². The lowest BCUT2D eigenvalue weighted by Crippen LogP contribution is -2.02. The second-order valence-electron chi connectivity index (χ2n) is 3.11. The normalized spacial score (nSPS) is 10.6. The molecule has 0 aliphatic heterocycles. The number of aromatic nitrogens is 3. The van der Waals surface area contributed by atoms with E-state index in [0.717, 1.165) is 10.6 Å². The third kappa shape index (κ3) is 1.91. The number of H-pyrrole nitrogens is 1. The molecular formula is C10H11N3OS2. The number of para-hydroxylation sites is 1. The molecule has 0 aliphatic carbocycles. The second-order valence-corrected chi connectivity index (χ2v) is 4.35. The van der Waals surface area contributed by atoms with Crippen molar-refractivity contribution in [3.63, 3.8) is 0 Å². The number of aliphatic hydroxyl groups is 1. The van der Waals surface area contributed by atoms with Crippen LogP contribution in [0.2, 0.25) is 0 Å². The van der Waals surface area contributed by atoms with Gasteiger partial charge in [0.25, 0.3) is 0 Å². The number of thioether (sulfide) groups is 1. The van der Waals surface area contributed by atoms with Gasteiger partial charge >= 0.3 is 0 Å². The Labute approximate surface area is 102 Å². The Morgan fingerprint density at radius 2 is 2.25 bits per heavy atom. The van der Waals surface area contributed by atoms with Crippen LogP contribution in [-0.4, -0.2) is 26.1 Å². The largest absolute Gasteiger partial charge is 0.388 e. The van der Waals surface area contributed by atoms with Crippen molar-refractivity contribution < 1.29 is 5.11 Å². The SMILES string of the molecule is CSc1ccccc1-n1c(CO)n[nH]c1=S. The summed E-state index contributed by atoms with van der Waals surface area (Å²) < 4.78 is 2.24. The first kappa shape index (κ1) is 11.4. The maximum absolute atomic E-state index is 9.20. The molecule has 2 rings (SSSR count). The molecule has 0 radical (unpaired) electrons. The Morgan fingerprint density at radius 1 is 1.50 bits per heavy atom. The van der Waals surface area contributed by atoms with E-state index >= 15 is 0 Å². The third-order valence-corrected chi connectivity index (χ3v) is 3.27. The van der Waals surface area contributed by atoms with Gasteiger partial charge in [0.05, 0.1) is 5.69 Å². The fourth-order valence-electron chi connectivity index (χ4n) is 1.50. The Hall–Kier alpha value is -1.11. The first-order valence-corrected chi connectivity index (χ1v) is 6.31. The number of aromatic amines is 1. The molecule has 16 heavy (non-hydrogen) atoms. The van der Waals surface area contributed by atoms with Gasteiger partial charge < -0.3 is 5.11 Å². The van der Waals surface area contributed by atoms with Crippen LogP contribution in [0.4, 0.5) is 0 Å². The average molecular weight is 253 g/mol. The van der Waals surface area contributed by atoms with Gasteiger partial charge in [-0.3, -0.25) is 9.67 Å². The topological polar surface area (TPSA) is 53.8 Å². The number of hydrogen-bond donors (Lipinski definition) is 2. The van der Waals surface area contributed by atoms with Crippen molar-refractivity contribution in [3.8, 4) is 5.69 Å². The number of nitrogens with zero attached hydrogens (tertiary/aromatic N) is 2. The van der Waals surface area contributed by atoms with Crippen molar-refractivity contribution in [1.82, 2.24) is 14.8 Å². The minimum Gasteiger partial charge on any atom is -0.388 e. The van der Waals surface area contributed by atoms with Crippen LogP contribution in [0.15, 0.2) is 29.2 Å². The van der Waals surface area contributed by atoms with Crippen LogP contribution in [0.5, 0.6) is 0 Å². The van der Waals surface area contributed by atoms with Gasteiger partial charge in [-0.15, -0.1) is 11.8 Å². The number of hydrogen-bond acceptors (Lipinski definition) is 4. The summed E-state index contributed by atoms with van der Waals surface area (Å²) in [6, 6.07) is 7.87. The van der Waals surface area contributed by atoms with Crippen molar-refractivity contribution in [2.24, 2.45) is 0 Å². The molecule has 0 amide bonds. The molecule has 4 nitrogen and oxygen atoms in total. The van der Waals surface area contributed by atoms with E-state index in [1.165, 1.54) is 0 Å². The van der Waals surface area contributed by atoms with Gasteiger partial charge in [-0.25, -0.2) is 0 Å². The zero-order valence-corrected chi connectivity index (χ0v) is 10.3. The van der Waals surface area contributed by atoms with E-state index in [4.69, 9.17) is 12.2 Å². The molecule has 1 heterocycles.